The molecule has 1 atom stereocenters. The molecular formula is C21H20Cl2N2O4S2. The Morgan fingerprint density at radius 3 is 2.61 bits per heavy atom. The number of hydrogen-bond acceptors (Lipinski definition) is 6. The van der Waals surface area contributed by atoms with E-state index in [4.69, 9.17) is 27.9 Å². The van der Waals surface area contributed by atoms with Crippen LogP contribution in [0.15, 0.2) is 47.4 Å². The number of thiazole rings is 1. The van der Waals surface area contributed by atoms with Gasteiger partial charge in [0.25, 0.3) is 0 Å². The molecule has 1 fully saturated rings. The molecule has 2 heterocycles. The zero-order valence-corrected chi connectivity index (χ0v) is 19.6. The highest BCUT2D eigenvalue weighted by Gasteiger charge is 2.27. The molecule has 1 saturated heterocycles. The molecule has 0 N–H and O–H groups in total. The second kappa shape index (κ2) is 9.42. The van der Waals surface area contributed by atoms with Gasteiger partial charge in [0.15, 0.2) is 15.0 Å². The predicted octanol–water partition coefficient (Wildman–Crippen LogP) is 4.98. The highest BCUT2D eigenvalue weighted by molar-refractivity contribution is 7.91. The fourth-order valence-electron chi connectivity index (χ4n) is 3.40. The summed E-state index contributed by atoms with van der Waals surface area (Å²) in [5.41, 5.74) is 0.739. The summed E-state index contributed by atoms with van der Waals surface area (Å²) < 4.78 is 31.9. The zero-order valence-electron chi connectivity index (χ0n) is 16.5. The molecule has 1 aromatic heterocycles. The van der Waals surface area contributed by atoms with Gasteiger partial charge in [0.1, 0.15) is 0 Å². The van der Waals surface area contributed by atoms with Crippen molar-refractivity contribution in [2.45, 2.75) is 30.3 Å². The lowest BCUT2D eigenvalue weighted by Crippen LogP contribution is -2.38. The molecule has 1 aliphatic heterocycles. The smallest absolute Gasteiger partial charge is 0.229 e. The molecule has 10 heteroatoms. The topological polar surface area (TPSA) is 76.6 Å². The monoisotopic (exact) mass is 498 g/mol. The fraction of sp³-hybridized carbons (Fsp3) is 0.333. The summed E-state index contributed by atoms with van der Waals surface area (Å²) in [5, 5.41) is 1.56. The van der Waals surface area contributed by atoms with E-state index in [1.54, 1.807) is 23.1 Å². The first-order valence-corrected chi connectivity index (χ1v) is 13.0. The average Bonchev–Trinajstić information content (AvgIpc) is 3.39. The number of fused-ring (bicyclic) bond motifs is 1. The number of aromatic nitrogens is 1. The van der Waals surface area contributed by atoms with Gasteiger partial charge in [-0.15, -0.1) is 0 Å². The maximum absolute atomic E-state index is 13.1. The van der Waals surface area contributed by atoms with E-state index in [2.05, 4.69) is 4.98 Å². The molecule has 0 bridgehead atoms. The number of nitrogens with zero attached hydrogens (tertiary/aromatic N) is 2. The van der Waals surface area contributed by atoms with Gasteiger partial charge >= 0.3 is 0 Å². The van der Waals surface area contributed by atoms with Gasteiger partial charge < -0.3 is 4.74 Å². The van der Waals surface area contributed by atoms with Gasteiger partial charge in [0.05, 0.1) is 33.5 Å². The number of halogens is 2. The maximum Gasteiger partial charge on any atom is 0.229 e. The van der Waals surface area contributed by atoms with Crippen LogP contribution >= 0.6 is 34.5 Å². The Hall–Kier alpha value is -1.71. The molecule has 0 spiro atoms. The third kappa shape index (κ3) is 5.38. The van der Waals surface area contributed by atoms with Crippen molar-refractivity contribution in [1.29, 1.82) is 0 Å². The van der Waals surface area contributed by atoms with E-state index >= 15 is 0 Å². The van der Waals surface area contributed by atoms with Crippen LogP contribution in [0.5, 0.6) is 0 Å². The van der Waals surface area contributed by atoms with Crippen molar-refractivity contribution in [3.05, 3.63) is 52.5 Å². The minimum Gasteiger partial charge on any atom is -0.376 e. The number of rotatable bonds is 7. The predicted molar refractivity (Wildman–Crippen MR) is 124 cm³/mol. The molecule has 2 aromatic carbocycles. The highest BCUT2D eigenvalue weighted by Crippen LogP contribution is 2.32. The number of benzene rings is 2. The van der Waals surface area contributed by atoms with Gasteiger partial charge in [0, 0.05) is 23.1 Å². The van der Waals surface area contributed by atoms with Crippen molar-refractivity contribution in [1.82, 2.24) is 4.98 Å². The molecule has 3 aromatic rings. The van der Waals surface area contributed by atoms with Crippen LogP contribution in [-0.2, 0) is 19.4 Å². The second-order valence-electron chi connectivity index (χ2n) is 7.27. The van der Waals surface area contributed by atoms with Crippen LogP contribution < -0.4 is 4.90 Å². The summed E-state index contributed by atoms with van der Waals surface area (Å²) in [6.07, 6.45) is 1.54. The van der Waals surface area contributed by atoms with E-state index in [-0.39, 0.29) is 29.1 Å². The standard InChI is InChI=1S/C21H20Cl2N2O4S2/c22-14-3-6-17(7-4-14)31(27,28)11-9-20(26)25(13-16-2-1-10-29-16)21-24-18-8-5-15(23)12-19(18)30-21/h3-8,12,16H,1-2,9-11,13H2. The number of hydrogen-bond donors (Lipinski definition) is 0. The third-order valence-electron chi connectivity index (χ3n) is 5.04. The average molecular weight is 499 g/mol. The number of ether oxygens (including phenoxy) is 1. The van der Waals surface area contributed by atoms with Crippen LogP contribution in [0.2, 0.25) is 10.0 Å². The number of carbonyl (C=O) groups is 1. The second-order valence-corrected chi connectivity index (χ2v) is 11.3. The Bertz CT molecular complexity index is 1190. The maximum atomic E-state index is 13.1. The minimum atomic E-state index is -3.62. The van der Waals surface area contributed by atoms with Crippen molar-refractivity contribution < 1.29 is 17.9 Å². The molecule has 164 valence electrons. The minimum absolute atomic E-state index is 0.0903. The Balaban J connectivity index is 1.55. The molecular weight excluding hydrogens is 479 g/mol. The van der Waals surface area contributed by atoms with Gasteiger partial charge in [0.2, 0.25) is 5.91 Å². The Morgan fingerprint density at radius 1 is 1.16 bits per heavy atom. The molecule has 1 aliphatic rings. The fourth-order valence-corrected chi connectivity index (χ4v) is 6.02. The van der Waals surface area contributed by atoms with Crippen molar-refractivity contribution in [2.24, 2.45) is 0 Å². The summed E-state index contributed by atoms with van der Waals surface area (Å²) in [5.74, 6) is -0.607. The SMILES string of the molecule is O=C(CCS(=O)(=O)c1ccc(Cl)cc1)N(CC1CCCO1)c1nc2ccc(Cl)cc2s1. The number of carbonyl (C=O) groups excluding carboxylic acids is 1. The van der Waals surface area contributed by atoms with Crippen LogP contribution in [0.3, 0.4) is 0 Å². The quantitative estimate of drug-likeness (QED) is 0.459. The van der Waals surface area contributed by atoms with Crippen molar-refractivity contribution in [2.75, 3.05) is 23.8 Å². The van der Waals surface area contributed by atoms with Crippen LogP contribution in [0, 0.1) is 0 Å². The van der Waals surface area contributed by atoms with Crippen LogP contribution in [0.1, 0.15) is 19.3 Å². The Morgan fingerprint density at radius 2 is 1.90 bits per heavy atom. The summed E-state index contributed by atoms with van der Waals surface area (Å²) in [4.78, 5) is 19.4. The summed E-state index contributed by atoms with van der Waals surface area (Å²) in [7, 11) is -3.62. The third-order valence-corrected chi connectivity index (χ3v) is 8.30. The number of sulfone groups is 1. The summed E-state index contributed by atoms with van der Waals surface area (Å²) >= 11 is 13.3. The van der Waals surface area contributed by atoms with E-state index in [0.717, 1.165) is 23.1 Å². The molecule has 0 saturated carbocycles. The lowest BCUT2D eigenvalue weighted by molar-refractivity contribution is -0.118. The van der Waals surface area contributed by atoms with Gasteiger partial charge in [-0.25, -0.2) is 13.4 Å². The Labute approximate surface area is 194 Å². The van der Waals surface area contributed by atoms with E-state index in [0.29, 0.717) is 28.3 Å². The first kappa shape index (κ1) is 22.5. The lowest BCUT2D eigenvalue weighted by atomic mass is 10.2. The lowest BCUT2D eigenvalue weighted by Gasteiger charge is -2.23. The number of anilines is 1. The van der Waals surface area contributed by atoms with E-state index in [1.807, 2.05) is 0 Å². The van der Waals surface area contributed by atoms with Gasteiger partial charge in [-0.05, 0) is 55.3 Å². The van der Waals surface area contributed by atoms with Crippen molar-refractivity contribution in [3.63, 3.8) is 0 Å². The first-order chi connectivity index (χ1) is 14.8. The molecule has 4 rings (SSSR count). The van der Waals surface area contributed by atoms with E-state index in [9.17, 15) is 13.2 Å². The Kier molecular flexibility index (Phi) is 6.83. The number of amides is 1. The van der Waals surface area contributed by atoms with Gasteiger partial charge in [-0.3, -0.25) is 9.69 Å². The van der Waals surface area contributed by atoms with E-state index in [1.165, 1.54) is 35.6 Å². The van der Waals surface area contributed by atoms with Crippen LogP contribution in [0.25, 0.3) is 10.2 Å². The summed E-state index contributed by atoms with van der Waals surface area (Å²) in [6.45, 7) is 1.00. The van der Waals surface area contributed by atoms with Gasteiger partial charge in [-0.1, -0.05) is 34.5 Å². The van der Waals surface area contributed by atoms with Crippen molar-refractivity contribution in [3.8, 4) is 0 Å². The van der Waals surface area contributed by atoms with Crippen LogP contribution in [-0.4, -0.2) is 44.3 Å². The van der Waals surface area contributed by atoms with E-state index < -0.39 is 9.84 Å². The largest absolute Gasteiger partial charge is 0.376 e. The highest BCUT2D eigenvalue weighted by atomic mass is 35.5. The zero-order chi connectivity index (χ0) is 22.0. The molecule has 1 unspecified atom stereocenters. The van der Waals surface area contributed by atoms with Crippen molar-refractivity contribution >= 4 is 65.6 Å². The molecule has 6 nitrogen and oxygen atoms in total. The normalized spacial score (nSPS) is 16.6. The molecule has 31 heavy (non-hydrogen) atoms. The molecule has 0 radical (unpaired) electrons. The molecule has 0 aliphatic carbocycles. The van der Waals surface area contributed by atoms with Gasteiger partial charge in [-0.2, -0.15) is 0 Å². The van der Waals surface area contributed by atoms with Crippen LogP contribution in [0.4, 0.5) is 5.13 Å². The summed E-state index contributed by atoms with van der Waals surface area (Å²) in [6, 6.07) is 11.3. The first-order valence-electron chi connectivity index (χ1n) is 9.78. The molecule has 1 amide bonds.